The van der Waals surface area contributed by atoms with Crippen LogP contribution >= 0.6 is 15.9 Å². The second-order valence-electron chi connectivity index (χ2n) is 6.30. The van der Waals surface area contributed by atoms with E-state index in [1.54, 1.807) is 25.1 Å². The molecule has 4 rings (SSSR count). The van der Waals surface area contributed by atoms with Crippen molar-refractivity contribution in [3.05, 3.63) is 91.8 Å². The standard InChI is InChI=1S/C21H13BrN2O5/c1-12-10-14(4-8-18(12)24(26)27)20-23-17(21(25)29-20)11-16-7-9-19(28-16)13-2-5-15(22)6-3-13/h2-11H,1H3/b17-11-. The number of ether oxygens (including phenoxy) is 1. The van der Waals surface area contributed by atoms with Gasteiger partial charge in [-0.05, 0) is 43.3 Å². The zero-order valence-corrected chi connectivity index (χ0v) is 16.7. The number of carbonyl (C=O) groups is 1. The number of nitro benzene ring substituents is 1. The molecule has 0 atom stereocenters. The molecule has 0 saturated heterocycles. The number of nitro groups is 1. The zero-order valence-electron chi connectivity index (χ0n) is 15.1. The van der Waals surface area contributed by atoms with Crippen LogP contribution in [0.15, 0.2) is 74.2 Å². The highest BCUT2D eigenvalue weighted by Gasteiger charge is 2.25. The summed E-state index contributed by atoms with van der Waals surface area (Å²) in [4.78, 5) is 26.9. The van der Waals surface area contributed by atoms with E-state index >= 15 is 0 Å². The molecule has 0 radical (unpaired) electrons. The molecule has 0 bridgehead atoms. The van der Waals surface area contributed by atoms with Crippen molar-refractivity contribution in [2.75, 3.05) is 0 Å². The lowest BCUT2D eigenvalue weighted by atomic mass is 10.1. The molecule has 0 saturated carbocycles. The molecule has 1 aliphatic heterocycles. The van der Waals surface area contributed by atoms with Crippen molar-refractivity contribution < 1.29 is 18.9 Å². The van der Waals surface area contributed by atoms with Crippen LogP contribution in [0.2, 0.25) is 0 Å². The SMILES string of the molecule is Cc1cc(C2=N/C(=C\c3ccc(-c4ccc(Br)cc4)o3)C(=O)O2)ccc1[N+](=O)[O-]. The quantitative estimate of drug-likeness (QED) is 0.232. The number of nitrogens with zero attached hydrogens (tertiary/aromatic N) is 2. The smallest absolute Gasteiger partial charge is 0.363 e. The molecule has 8 heteroatoms. The van der Waals surface area contributed by atoms with Crippen molar-refractivity contribution in [3.8, 4) is 11.3 Å². The van der Waals surface area contributed by atoms with Gasteiger partial charge in [0.15, 0.2) is 5.70 Å². The number of halogens is 1. The molecular weight excluding hydrogens is 440 g/mol. The van der Waals surface area contributed by atoms with E-state index in [4.69, 9.17) is 9.15 Å². The average Bonchev–Trinajstić information content (AvgIpc) is 3.29. The van der Waals surface area contributed by atoms with E-state index in [1.165, 1.54) is 18.2 Å². The summed E-state index contributed by atoms with van der Waals surface area (Å²) in [5.41, 5.74) is 1.92. The van der Waals surface area contributed by atoms with Crippen LogP contribution in [-0.2, 0) is 9.53 Å². The number of furan rings is 1. The second-order valence-corrected chi connectivity index (χ2v) is 7.22. The number of hydrogen-bond donors (Lipinski definition) is 0. The summed E-state index contributed by atoms with van der Waals surface area (Å²) in [6.45, 7) is 1.61. The molecule has 29 heavy (non-hydrogen) atoms. The Morgan fingerprint density at radius 1 is 1.07 bits per heavy atom. The van der Waals surface area contributed by atoms with Gasteiger partial charge in [-0.3, -0.25) is 10.1 Å². The highest BCUT2D eigenvalue weighted by Crippen LogP contribution is 2.27. The molecule has 0 unspecified atom stereocenters. The van der Waals surface area contributed by atoms with Crippen molar-refractivity contribution in [1.82, 2.24) is 0 Å². The van der Waals surface area contributed by atoms with Gasteiger partial charge in [0, 0.05) is 33.3 Å². The lowest BCUT2D eigenvalue weighted by Crippen LogP contribution is -2.06. The molecule has 1 aromatic heterocycles. The van der Waals surface area contributed by atoms with Gasteiger partial charge in [0.1, 0.15) is 11.5 Å². The summed E-state index contributed by atoms with van der Waals surface area (Å²) in [6.07, 6.45) is 1.50. The van der Waals surface area contributed by atoms with Crippen LogP contribution in [0, 0.1) is 17.0 Å². The first kappa shape index (κ1) is 18.8. The number of aryl methyl sites for hydroxylation is 1. The van der Waals surface area contributed by atoms with Crippen LogP contribution in [0.5, 0.6) is 0 Å². The van der Waals surface area contributed by atoms with E-state index in [9.17, 15) is 14.9 Å². The first-order valence-electron chi connectivity index (χ1n) is 8.54. The number of cyclic esters (lactones) is 1. The summed E-state index contributed by atoms with van der Waals surface area (Å²) in [5.74, 6) is 0.599. The van der Waals surface area contributed by atoms with E-state index in [1.807, 2.05) is 24.3 Å². The van der Waals surface area contributed by atoms with Crippen LogP contribution in [-0.4, -0.2) is 16.8 Å². The molecule has 0 amide bonds. The minimum Gasteiger partial charge on any atom is -0.457 e. The van der Waals surface area contributed by atoms with Crippen LogP contribution in [0.1, 0.15) is 16.9 Å². The van der Waals surface area contributed by atoms with Crippen molar-refractivity contribution in [1.29, 1.82) is 0 Å². The zero-order chi connectivity index (χ0) is 20.5. The van der Waals surface area contributed by atoms with Crippen molar-refractivity contribution in [2.45, 2.75) is 6.92 Å². The second kappa shape index (κ2) is 7.48. The minimum absolute atomic E-state index is 0.00880. The monoisotopic (exact) mass is 452 g/mol. The van der Waals surface area contributed by atoms with Gasteiger partial charge in [-0.2, -0.15) is 0 Å². The van der Waals surface area contributed by atoms with Crippen LogP contribution in [0.25, 0.3) is 17.4 Å². The van der Waals surface area contributed by atoms with Crippen LogP contribution in [0.4, 0.5) is 5.69 Å². The molecule has 1 aliphatic rings. The normalized spacial score (nSPS) is 14.8. The number of esters is 1. The van der Waals surface area contributed by atoms with Gasteiger partial charge in [-0.15, -0.1) is 0 Å². The van der Waals surface area contributed by atoms with E-state index < -0.39 is 10.9 Å². The molecule has 3 aromatic rings. The third-order valence-electron chi connectivity index (χ3n) is 4.30. The molecule has 0 fully saturated rings. The van der Waals surface area contributed by atoms with E-state index in [2.05, 4.69) is 20.9 Å². The summed E-state index contributed by atoms with van der Waals surface area (Å²) >= 11 is 3.39. The lowest BCUT2D eigenvalue weighted by Gasteiger charge is -2.01. The van der Waals surface area contributed by atoms with Gasteiger partial charge in [-0.1, -0.05) is 28.1 Å². The Bertz CT molecular complexity index is 1190. The number of aliphatic imine (C=N–C) groups is 1. The predicted octanol–water partition coefficient (Wildman–Crippen LogP) is 5.27. The molecule has 7 nitrogen and oxygen atoms in total. The summed E-state index contributed by atoms with van der Waals surface area (Å²) in [6, 6.07) is 15.6. The fourth-order valence-corrected chi connectivity index (χ4v) is 3.12. The van der Waals surface area contributed by atoms with E-state index in [0.29, 0.717) is 22.6 Å². The summed E-state index contributed by atoms with van der Waals surface area (Å²) in [5, 5.41) is 11.0. The van der Waals surface area contributed by atoms with Gasteiger partial charge < -0.3 is 9.15 Å². The van der Waals surface area contributed by atoms with Crippen LogP contribution < -0.4 is 0 Å². The maximum absolute atomic E-state index is 12.2. The molecular formula is C21H13BrN2O5. The molecule has 144 valence electrons. The van der Waals surface area contributed by atoms with Crippen molar-refractivity contribution >= 4 is 39.6 Å². The maximum Gasteiger partial charge on any atom is 0.363 e. The molecule has 0 N–H and O–H groups in total. The highest BCUT2D eigenvalue weighted by atomic mass is 79.9. The molecule has 2 heterocycles. The van der Waals surface area contributed by atoms with Gasteiger partial charge in [0.05, 0.1) is 4.92 Å². The molecule has 0 aliphatic carbocycles. The highest BCUT2D eigenvalue weighted by molar-refractivity contribution is 9.10. The number of benzene rings is 2. The Hall–Kier alpha value is -3.52. The Balaban J connectivity index is 1.61. The first-order chi connectivity index (χ1) is 13.9. The molecule has 2 aromatic carbocycles. The lowest BCUT2D eigenvalue weighted by molar-refractivity contribution is -0.385. The maximum atomic E-state index is 12.2. The Labute approximate surface area is 173 Å². The van der Waals surface area contributed by atoms with Crippen molar-refractivity contribution in [2.24, 2.45) is 4.99 Å². The van der Waals surface area contributed by atoms with Gasteiger partial charge in [0.25, 0.3) is 5.69 Å². The third kappa shape index (κ3) is 3.88. The topological polar surface area (TPSA) is 94.9 Å². The number of carbonyl (C=O) groups excluding carboxylic acids is 1. The number of hydrogen-bond acceptors (Lipinski definition) is 6. The molecule has 0 spiro atoms. The third-order valence-corrected chi connectivity index (χ3v) is 4.82. The Morgan fingerprint density at radius 3 is 2.48 bits per heavy atom. The van der Waals surface area contributed by atoms with Gasteiger partial charge in [0.2, 0.25) is 5.90 Å². The summed E-state index contributed by atoms with van der Waals surface area (Å²) in [7, 11) is 0. The van der Waals surface area contributed by atoms with Crippen LogP contribution in [0.3, 0.4) is 0 Å². The fourth-order valence-electron chi connectivity index (χ4n) is 2.86. The largest absolute Gasteiger partial charge is 0.457 e. The minimum atomic E-state index is -0.613. The first-order valence-corrected chi connectivity index (χ1v) is 9.34. The van der Waals surface area contributed by atoms with E-state index in [-0.39, 0.29) is 17.3 Å². The van der Waals surface area contributed by atoms with Gasteiger partial charge in [-0.25, -0.2) is 9.79 Å². The Kier molecular flexibility index (Phi) is 4.85. The number of rotatable bonds is 4. The fraction of sp³-hybridized carbons (Fsp3) is 0.0476. The Morgan fingerprint density at radius 2 is 1.79 bits per heavy atom. The predicted molar refractivity (Wildman–Crippen MR) is 110 cm³/mol. The van der Waals surface area contributed by atoms with Gasteiger partial charge >= 0.3 is 5.97 Å². The average molecular weight is 453 g/mol. The van der Waals surface area contributed by atoms with Crippen molar-refractivity contribution in [3.63, 3.8) is 0 Å². The summed E-state index contributed by atoms with van der Waals surface area (Å²) < 4.78 is 12.0. The van der Waals surface area contributed by atoms with E-state index in [0.717, 1.165) is 10.0 Å².